The second kappa shape index (κ2) is 7.80. The largest absolute Gasteiger partial charge is 0.398 e. The maximum Gasteiger partial charge on any atom is 0.0458 e. The van der Waals surface area contributed by atoms with E-state index in [0.29, 0.717) is 6.04 Å². The van der Waals surface area contributed by atoms with Crippen LogP contribution in [0, 0.1) is 0 Å². The van der Waals surface area contributed by atoms with Crippen LogP contribution in [0.25, 0.3) is 0 Å². The van der Waals surface area contributed by atoms with Gasteiger partial charge in [-0.15, -0.1) is 0 Å². The molecular formula is C15H25BrN2. The van der Waals surface area contributed by atoms with Gasteiger partial charge in [0.2, 0.25) is 0 Å². The van der Waals surface area contributed by atoms with E-state index < -0.39 is 0 Å². The van der Waals surface area contributed by atoms with E-state index in [1.807, 2.05) is 6.07 Å². The molecule has 0 aliphatic heterocycles. The summed E-state index contributed by atoms with van der Waals surface area (Å²) < 4.78 is 1.000. The number of rotatable bonds is 7. The van der Waals surface area contributed by atoms with Crippen molar-refractivity contribution >= 4 is 21.6 Å². The summed E-state index contributed by atoms with van der Waals surface area (Å²) >= 11 is 3.50. The molecule has 0 aromatic heterocycles. The first-order valence-electron chi connectivity index (χ1n) is 6.86. The highest BCUT2D eigenvalue weighted by atomic mass is 79.9. The van der Waals surface area contributed by atoms with Gasteiger partial charge in [-0.2, -0.15) is 0 Å². The van der Waals surface area contributed by atoms with Crippen LogP contribution >= 0.6 is 15.9 Å². The van der Waals surface area contributed by atoms with E-state index in [9.17, 15) is 0 Å². The molecule has 1 aromatic carbocycles. The fourth-order valence-electron chi connectivity index (χ4n) is 1.98. The highest BCUT2D eigenvalue weighted by Crippen LogP contribution is 2.22. The number of hydrogen-bond acceptors (Lipinski definition) is 2. The quantitative estimate of drug-likeness (QED) is 0.754. The van der Waals surface area contributed by atoms with Gasteiger partial charge in [0.05, 0.1) is 0 Å². The molecule has 0 aliphatic rings. The van der Waals surface area contributed by atoms with E-state index in [4.69, 9.17) is 5.73 Å². The molecule has 1 rings (SSSR count). The van der Waals surface area contributed by atoms with Crippen LogP contribution < -0.4 is 5.73 Å². The lowest BCUT2D eigenvalue weighted by Gasteiger charge is -2.28. The lowest BCUT2D eigenvalue weighted by molar-refractivity contribution is 0.192. The van der Waals surface area contributed by atoms with Crippen LogP contribution in [-0.4, -0.2) is 17.5 Å². The predicted molar refractivity (Wildman–Crippen MR) is 83.6 cm³/mol. The van der Waals surface area contributed by atoms with Crippen LogP contribution in [-0.2, 0) is 6.54 Å². The molecule has 1 unspecified atom stereocenters. The van der Waals surface area contributed by atoms with Crippen molar-refractivity contribution in [3.63, 3.8) is 0 Å². The van der Waals surface area contributed by atoms with Crippen LogP contribution in [0.1, 0.15) is 45.6 Å². The number of anilines is 1. The fraction of sp³-hybridized carbons (Fsp3) is 0.600. The number of nitrogens with zero attached hydrogens (tertiary/aromatic N) is 1. The second-order valence-electron chi connectivity index (χ2n) is 4.94. The SMILES string of the molecule is CCCCN(Cc1ccc(N)c(Br)c1)C(C)CC. The monoisotopic (exact) mass is 312 g/mol. The maximum absolute atomic E-state index is 5.83. The van der Waals surface area contributed by atoms with E-state index in [1.54, 1.807) is 0 Å². The molecular weight excluding hydrogens is 288 g/mol. The Morgan fingerprint density at radius 3 is 2.61 bits per heavy atom. The molecule has 102 valence electrons. The molecule has 0 bridgehead atoms. The predicted octanol–water partition coefficient (Wildman–Crippen LogP) is 4.43. The normalized spacial score (nSPS) is 12.9. The van der Waals surface area contributed by atoms with Crippen molar-refractivity contribution < 1.29 is 0 Å². The minimum absolute atomic E-state index is 0.632. The third-order valence-corrected chi connectivity index (χ3v) is 4.15. The van der Waals surface area contributed by atoms with Crippen molar-refractivity contribution in [1.82, 2.24) is 4.90 Å². The first kappa shape index (κ1) is 15.5. The van der Waals surface area contributed by atoms with Crippen molar-refractivity contribution in [2.24, 2.45) is 0 Å². The Morgan fingerprint density at radius 1 is 1.33 bits per heavy atom. The van der Waals surface area contributed by atoms with Crippen molar-refractivity contribution in [2.45, 2.75) is 52.6 Å². The summed E-state index contributed by atoms with van der Waals surface area (Å²) in [6.45, 7) is 8.99. The minimum Gasteiger partial charge on any atom is -0.398 e. The third-order valence-electron chi connectivity index (χ3n) is 3.46. The minimum atomic E-state index is 0.632. The topological polar surface area (TPSA) is 29.3 Å². The lowest BCUT2D eigenvalue weighted by atomic mass is 10.1. The number of hydrogen-bond donors (Lipinski definition) is 1. The van der Waals surface area contributed by atoms with Gasteiger partial charge in [-0.05, 0) is 59.9 Å². The third kappa shape index (κ3) is 4.62. The van der Waals surface area contributed by atoms with Crippen molar-refractivity contribution in [2.75, 3.05) is 12.3 Å². The van der Waals surface area contributed by atoms with Gasteiger partial charge in [-0.1, -0.05) is 26.3 Å². The Labute approximate surface area is 120 Å². The molecule has 0 spiro atoms. The molecule has 3 heteroatoms. The van der Waals surface area contributed by atoms with Gasteiger partial charge < -0.3 is 5.73 Å². The number of halogens is 1. The van der Waals surface area contributed by atoms with E-state index in [1.165, 1.54) is 31.4 Å². The zero-order valence-corrected chi connectivity index (χ0v) is 13.3. The molecule has 0 radical (unpaired) electrons. The molecule has 0 heterocycles. The lowest BCUT2D eigenvalue weighted by Crippen LogP contribution is -2.33. The van der Waals surface area contributed by atoms with E-state index in [2.05, 4.69) is 53.7 Å². The Bertz CT molecular complexity index is 366. The zero-order chi connectivity index (χ0) is 13.5. The first-order valence-corrected chi connectivity index (χ1v) is 7.65. The van der Waals surface area contributed by atoms with Crippen LogP contribution in [0.5, 0.6) is 0 Å². The zero-order valence-electron chi connectivity index (χ0n) is 11.7. The molecule has 1 atom stereocenters. The van der Waals surface area contributed by atoms with Gasteiger partial charge in [0, 0.05) is 22.7 Å². The molecule has 0 fully saturated rings. The number of benzene rings is 1. The maximum atomic E-state index is 5.83. The van der Waals surface area contributed by atoms with Gasteiger partial charge in [0.1, 0.15) is 0 Å². The smallest absolute Gasteiger partial charge is 0.0458 e. The highest BCUT2D eigenvalue weighted by Gasteiger charge is 2.12. The average Bonchev–Trinajstić information content (AvgIpc) is 2.37. The molecule has 1 aromatic rings. The first-order chi connectivity index (χ1) is 8.58. The van der Waals surface area contributed by atoms with Gasteiger partial charge in [0.15, 0.2) is 0 Å². The van der Waals surface area contributed by atoms with Gasteiger partial charge >= 0.3 is 0 Å². The highest BCUT2D eigenvalue weighted by molar-refractivity contribution is 9.10. The summed E-state index contributed by atoms with van der Waals surface area (Å²) in [6.07, 6.45) is 3.71. The summed E-state index contributed by atoms with van der Waals surface area (Å²) in [5.74, 6) is 0. The molecule has 0 amide bonds. The van der Waals surface area contributed by atoms with E-state index in [0.717, 1.165) is 16.7 Å². The average molecular weight is 313 g/mol. The molecule has 0 saturated carbocycles. The Hall–Kier alpha value is -0.540. The van der Waals surface area contributed by atoms with Crippen molar-refractivity contribution in [3.05, 3.63) is 28.2 Å². The van der Waals surface area contributed by atoms with Crippen molar-refractivity contribution in [3.8, 4) is 0 Å². The standard InChI is InChI=1S/C15H25BrN2/c1-4-6-9-18(12(3)5-2)11-13-7-8-15(17)14(16)10-13/h7-8,10,12H,4-6,9,11,17H2,1-3H3. The summed E-state index contributed by atoms with van der Waals surface area (Å²) in [7, 11) is 0. The Morgan fingerprint density at radius 2 is 2.06 bits per heavy atom. The summed E-state index contributed by atoms with van der Waals surface area (Å²) in [4.78, 5) is 2.56. The Balaban J connectivity index is 2.71. The van der Waals surface area contributed by atoms with Crippen LogP contribution in [0.15, 0.2) is 22.7 Å². The Kier molecular flexibility index (Phi) is 6.72. The number of unbranched alkanes of at least 4 members (excludes halogenated alkanes) is 1. The van der Waals surface area contributed by atoms with Gasteiger partial charge in [-0.3, -0.25) is 4.90 Å². The molecule has 0 aliphatic carbocycles. The summed E-state index contributed by atoms with van der Waals surface area (Å²) in [5.41, 5.74) is 7.96. The van der Waals surface area contributed by atoms with Crippen LogP contribution in [0.2, 0.25) is 0 Å². The van der Waals surface area contributed by atoms with Gasteiger partial charge in [0.25, 0.3) is 0 Å². The molecule has 18 heavy (non-hydrogen) atoms. The van der Waals surface area contributed by atoms with Gasteiger partial charge in [-0.25, -0.2) is 0 Å². The van der Waals surface area contributed by atoms with E-state index >= 15 is 0 Å². The fourth-order valence-corrected chi connectivity index (χ4v) is 2.40. The van der Waals surface area contributed by atoms with Crippen LogP contribution in [0.3, 0.4) is 0 Å². The molecule has 2 N–H and O–H groups in total. The summed E-state index contributed by atoms with van der Waals surface area (Å²) in [6, 6.07) is 6.87. The van der Waals surface area contributed by atoms with Crippen LogP contribution in [0.4, 0.5) is 5.69 Å². The van der Waals surface area contributed by atoms with E-state index in [-0.39, 0.29) is 0 Å². The second-order valence-corrected chi connectivity index (χ2v) is 5.79. The molecule has 0 saturated heterocycles. The van der Waals surface area contributed by atoms with Crippen molar-refractivity contribution in [1.29, 1.82) is 0 Å². The number of nitrogens with two attached hydrogens (primary N) is 1. The molecule has 2 nitrogen and oxygen atoms in total. The summed E-state index contributed by atoms with van der Waals surface area (Å²) in [5, 5.41) is 0. The number of nitrogen functional groups attached to an aromatic ring is 1.